The van der Waals surface area contributed by atoms with E-state index in [0.717, 1.165) is 0 Å². The number of carboxylic acid groups (broad SMARTS) is 1. The molecule has 1 unspecified atom stereocenters. The molecule has 1 aromatic rings. The van der Waals surface area contributed by atoms with Crippen molar-refractivity contribution in [3.05, 3.63) is 35.4 Å². The van der Waals surface area contributed by atoms with Gasteiger partial charge in [-0.3, -0.25) is 4.79 Å². The Bertz CT molecular complexity index is 581. The number of carbonyl (C=O) groups excluding carboxylic acids is 1. The Morgan fingerprint density at radius 1 is 1.29 bits per heavy atom. The minimum Gasteiger partial charge on any atom is -0.481 e. The van der Waals surface area contributed by atoms with Gasteiger partial charge in [-0.2, -0.15) is 5.26 Å². The van der Waals surface area contributed by atoms with E-state index >= 15 is 0 Å². The van der Waals surface area contributed by atoms with Gasteiger partial charge < -0.3 is 15.6 Å². The van der Waals surface area contributed by atoms with E-state index in [4.69, 9.17) is 20.8 Å². The number of benzene rings is 1. The van der Waals surface area contributed by atoms with Gasteiger partial charge in [-0.05, 0) is 38.5 Å². The van der Waals surface area contributed by atoms with Gasteiger partial charge in [0.15, 0.2) is 5.54 Å². The highest BCUT2D eigenvalue weighted by Gasteiger charge is 2.41. The molecule has 0 saturated carbocycles. The van der Waals surface area contributed by atoms with E-state index < -0.39 is 29.5 Å². The monoisotopic (exact) mass is 290 g/mol. The normalized spacial score (nSPS) is 13.9. The fourth-order valence-electron chi connectivity index (χ4n) is 1.74. The Hall–Kier alpha value is -2.39. The molecule has 0 heterocycles. The Morgan fingerprint density at radius 2 is 1.81 bits per heavy atom. The van der Waals surface area contributed by atoms with Crippen molar-refractivity contribution >= 4 is 11.9 Å². The first-order valence-electron chi connectivity index (χ1n) is 6.33. The summed E-state index contributed by atoms with van der Waals surface area (Å²) in [5.41, 5.74) is 4.12. The van der Waals surface area contributed by atoms with E-state index in [1.54, 1.807) is 20.8 Å². The topological polar surface area (TPSA) is 113 Å². The molecule has 0 saturated heterocycles. The molecule has 0 bridgehead atoms. The molecular formula is C15H18N2O4. The molecule has 0 fully saturated rings. The average Bonchev–Trinajstić information content (AvgIpc) is 2.36. The maximum absolute atomic E-state index is 12.3. The third kappa shape index (κ3) is 4.29. The summed E-state index contributed by atoms with van der Waals surface area (Å²) < 4.78 is 5.22. The van der Waals surface area contributed by atoms with Crippen LogP contribution in [0.5, 0.6) is 0 Å². The Morgan fingerprint density at radius 3 is 2.19 bits per heavy atom. The molecule has 0 aromatic heterocycles. The summed E-state index contributed by atoms with van der Waals surface area (Å²) in [4.78, 5) is 23.3. The number of ether oxygens (including phenoxy) is 1. The fraction of sp³-hybridized carbons (Fsp3) is 0.400. The Balaban J connectivity index is 3.22. The van der Waals surface area contributed by atoms with Crippen molar-refractivity contribution in [1.82, 2.24) is 0 Å². The maximum Gasteiger partial charge on any atom is 0.331 e. The van der Waals surface area contributed by atoms with Gasteiger partial charge in [-0.15, -0.1) is 0 Å². The zero-order valence-electron chi connectivity index (χ0n) is 12.2. The van der Waals surface area contributed by atoms with E-state index in [2.05, 4.69) is 0 Å². The van der Waals surface area contributed by atoms with Gasteiger partial charge in [-0.1, -0.05) is 12.1 Å². The number of esters is 1. The highest BCUT2D eigenvalue weighted by atomic mass is 16.6. The van der Waals surface area contributed by atoms with Crippen LogP contribution in [0.4, 0.5) is 0 Å². The molecule has 1 rings (SSSR count). The van der Waals surface area contributed by atoms with Crippen LogP contribution in [0.3, 0.4) is 0 Å². The molecule has 3 N–H and O–H groups in total. The van der Waals surface area contributed by atoms with Crippen molar-refractivity contribution in [1.29, 1.82) is 5.26 Å². The third-order valence-corrected chi connectivity index (χ3v) is 2.72. The minimum atomic E-state index is -1.80. The fourth-order valence-corrected chi connectivity index (χ4v) is 1.74. The van der Waals surface area contributed by atoms with E-state index in [1.807, 2.05) is 6.07 Å². The summed E-state index contributed by atoms with van der Waals surface area (Å²) in [6.07, 6.45) is -0.603. The lowest BCUT2D eigenvalue weighted by Crippen LogP contribution is -2.49. The number of nitrogens with two attached hydrogens (primary N) is 1. The molecule has 0 aliphatic rings. The van der Waals surface area contributed by atoms with Gasteiger partial charge in [0.25, 0.3) is 0 Å². The van der Waals surface area contributed by atoms with E-state index in [1.165, 1.54) is 24.3 Å². The lowest BCUT2D eigenvalue weighted by Gasteiger charge is -2.30. The first-order valence-corrected chi connectivity index (χ1v) is 6.33. The summed E-state index contributed by atoms with van der Waals surface area (Å²) in [6, 6.07) is 7.82. The second kappa shape index (κ2) is 5.94. The van der Waals surface area contributed by atoms with Gasteiger partial charge in [0.1, 0.15) is 5.60 Å². The molecule has 1 atom stereocenters. The molecule has 21 heavy (non-hydrogen) atoms. The Labute approximate surface area is 123 Å². The standard InChI is InChI=1S/C15H18N2O4/c1-14(2,3)21-13(20)15(17,8-12(18)19)11-6-4-10(9-16)5-7-11/h4-7H,8,17H2,1-3H3,(H,18,19). The van der Waals surface area contributed by atoms with Gasteiger partial charge in [0.05, 0.1) is 18.1 Å². The number of hydrogen-bond acceptors (Lipinski definition) is 5. The molecule has 1 aromatic carbocycles. The molecule has 0 aliphatic carbocycles. The van der Waals surface area contributed by atoms with Crippen molar-refractivity contribution in [3.8, 4) is 6.07 Å². The molecule has 0 spiro atoms. The van der Waals surface area contributed by atoms with Crippen molar-refractivity contribution in [3.63, 3.8) is 0 Å². The number of aliphatic carboxylic acids is 1. The van der Waals surface area contributed by atoms with E-state index in [0.29, 0.717) is 5.56 Å². The van der Waals surface area contributed by atoms with Crippen molar-refractivity contribution in [2.75, 3.05) is 0 Å². The number of rotatable bonds is 4. The van der Waals surface area contributed by atoms with Crippen LogP contribution >= 0.6 is 0 Å². The first kappa shape index (κ1) is 16.7. The van der Waals surface area contributed by atoms with Crippen LogP contribution in [0.15, 0.2) is 24.3 Å². The summed E-state index contributed by atoms with van der Waals surface area (Å²) in [6.45, 7) is 5.01. The van der Waals surface area contributed by atoms with Crippen molar-refractivity contribution in [2.24, 2.45) is 5.73 Å². The number of carboxylic acids is 1. The zero-order valence-corrected chi connectivity index (χ0v) is 12.2. The number of hydrogen-bond donors (Lipinski definition) is 2. The molecular weight excluding hydrogens is 272 g/mol. The number of nitriles is 1. The van der Waals surface area contributed by atoms with Crippen LogP contribution in [0, 0.1) is 11.3 Å². The number of nitrogens with zero attached hydrogens (tertiary/aromatic N) is 1. The first-order chi connectivity index (χ1) is 9.58. The molecule has 112 valence electrons. The van der Waals surface area contributed by atoms with E-state index in [-0.39, 0.29) is 5.56 Å². The maximum atomic E-state index is 12.3. The Kier molecular flexibility index (Phi) is 4.71. The second-order valence-corrected chi connectivity index (χ2v) is 5.73. The van der Waals surface area contributed by atoms with Crippen LogP contribution < -0.4 is 5.73 Å². The van der Waals surface area contributed by atoms with Gasteiger partial charge in [-0.25, -0.2) is 4.79 Å². The summed E-state index contributed by atoms with van der Waals surface area (Å²) in [7, 11) is 0. The van der Waals surface area contributed by atoms with Crippen LogP contribution in [0.2, 0.25) is 0 Å². The highest BCUT2D eigenvalue weighted by Crippen LogP contribution is 2.26. The molecule has 0 aliphatic heterocycles. The van der Waals surface area contributed by atoms with Crippen LogP contribution in [0.1, 0.15) is 38.3 Å². The third-order valence-electron chi connectivity index (χ3n) is 2.72. The van der Waals surface area contributed by atoms with Gasteiger partial charge >= 0.3 is 11.9 Å². The number of carbonyl (C=O) groups is 2. The molecule has 6 heteroatoms. The summed E-state index contributed by atoms with van der Waals surface area (Å²) in [5, 5.41) is 17.8. The lowest BCUT2D eigenvalue weighted by molar-refractivity contribution is -0.165. The average molecular weight is 290 g/mol. The smallest absolute Gasteiger partial charge is 0.331 e. The van der Waals surface area contributed by atoms with Crippen molar-refractivity contribution < 1.29 is 19.4 Å². The van der Waals surface area contributed by atoms with Crippen LogP contribution in [-0.2, 0) is 19.9 Å². The lowest BCUT2D eigenvalue weighted by atomic mass is 9.87. The minimum absolute atomic E-state index is 0.290. The van der Waals surface area contributed by atoms with Crippen molar-refractivity contribution in [2.45, 2.75) is 38.3 Å². The van der Waals surface area contributed by atoms with Gasteiger partial charge in [0, 0.05) is 0 Å². The highest BCUT2D eigenvalue weighted by molar-refractivity contribution is 5.87. The predicted molar refractivity (Wildman–Crippen MR) is 75.1 cm³/mol. The second-order valence-electron chi connectivity index (χ2n) is 5.73. The zero-order chi connectivity index (χ0) is 16.3. The van der Waals surface area contributed by atoms with Crippen LogP contribution in [-0.4, -0.2) is 22.6 Å². The molecule has 6 nitrogen and oxygen atoms in total. The largest absolute Gasteiger partial charge is 0.481 e. The predicted octanol–water partition coefficient (Wildman–Crippen LogP) is 1.53. The molecule has 0 amide bonds. The van der Waals surface area contributed by atoms with Gasteiger partial charge in [0.2, 0.25) is 0 Å². The van der Waals surface area contributed by atoms with E-state index in [9.17, 15) is 9.59 Å². The molecule has 0 radical (unpaired) electrons. The summed E-state index contributed by atoms with van der Waals surface area (Å²) in [5.74, 6) is -2.03. The van der Waals surface area contributed by atoms with Crippen LogP contribution in [0.25, 0.3) is 0 Å². The quantitative estimate of drug-likeness (QED) is 0.813. The summed E-state index contributed by atoms with van der Waals surface area (Å²) >= 11 is 0. The SMILES string of the molecule is CC(C)(C)OC(=O)C(N)(CC(=O)O)c1ccc(C#N)cc1.